The van der Waals surface area contributed by atoms with Crippen molar-refractivity contribution < 1.29 is 23.1 Å². The number of sulfonamides is 1. The standard InChI is InChI=1S/C21H27ClN4O5S3/c1-13(2)11-26-16-6-8-24(21(28)29)12-17(16)33-20(26)25-9-5-15(19(25)27)23-34(30,31)10-7-14-3-4-18(22)32-14/h3-4,7,10,13,15,20,23H,5-6,8-9,11-12H2,1-2H3,(H,28,29)/t15-,20?/m0/s1. The lowest BCUT2D eigenvalue weighted by atomic mass is 10.1. The first-order valence-electron chi connectivity index (χ1n) is 10.9. The van der Waals surface area contributed by atoms with Crippen molar-refractivity contribution in [3.05, 3.63) is 37.4 Å². The third kappa shape index (κ3) is 5.56. The SMILES string of the molecule is CC(C)CN1C2=C(CN(C(=O)O)CC2)SC1N1CC[C@H](NS(=O)(=O)C=Cc2ccc(Cl)s2)C1=O. The van der Waals surface area contributed by atoms with Crippen LogP contribution in [0.2, 0.25) is 4.34 Å². The van der Waals surface area contributed by atoms with Gasteiger partial charge in [-0.15, -0.1) is 11.3 Å². The molecule has 13 heteroatoms. The molecule has 0 radical (unpaired) electrons. The summed E-state index contributed by atoms with van der Waals surface area (Å²) in [5.41, 5.74) is 0.794. The Balaban J connectivity index is 1.46. The van der Waals surface area contributed by atoms with Gasteiger partial charge < -0.3 is 19.8 Å². The smallest absolute Gasteiger partial charge is 0.407 e. The molecule has 186 valence electrons. The summed E-state index contributed by atoms with van der Waals surface area (Å²) in [6.45, 7) is 6.09. The summed E-state index contributed by atoms with van der Waals surface area (Å²) in [5, 5.41) is 10.4. The van der Waals surface area contributed by atoms with E-state index in [0.717, 1.165) is 22.6 Å². The minimum absolute atomic E-state index is 0.266. The van der Waals surface area contributed by atoms with E-state index >= 15 is 0 Å². The van der Waals surface area contributed by atoms with Gasteiger partial charge in [-0.3, -0.25) is 4.79 Å². The van der Waals surface area contributed by atoms with E-state index in [1.165, 1.54) is 34.1 Å². The number of carbonyl (C=O) groups is 2. The lowest BCUT2D eigenvalue weighted by Gasteiger charge is -2.36. The average Bonchev–Trinajstić information content (AvgIpc) is 3.44. The Kier molecular flexibility index (Phi) is 7.53. The number of nitrogens with one attached hydrogen (secondary N) is 1. The summed E-state index contributed by atoms with van der Waals surface area (Å²) in [6.07, 6.45) is 1.48. The first kappa shape index (κ1) is 25.4. The second-order valence-corrected chi connectivity index (χ2v) is 13.3. The number of hydrogen-bond acceptors (Lipinski definition) is 7. The van der Waals surface area contributed by atoms with Gasteiger partial charge >= 0.3 is 6.09 Å². The zero-order chi connectivity index (χ0) is 24.6. The van der Waals surface area contributed by atoms with Gasteiger partial charge in [-0.2, -0.15) is 4.72 Å². The first-order chi connectivity index (χ1) is 16.0. The van der Waals surface area contributed by atoms with Crippen LogP contribution in [0.3, 0.4) is 0 Å². The molecule has 2 amide bonds. The highest BCUT2D eigenvalue weighted by Crippen LogP contribution is 2.44. The topological polar surface area (TPSA) is 110 Å². The molecule has 0 bridgehead atoms. The molecule has 2 atom stereocenters. The largest absolute Gasteiger partial charge is 0.465 e. The van der Waals surface area contributed by atoms with Crippen LogP contribution in [0, 0.1) is 5.92 Å². The molecule has 0 saturated carbocycles. The molecule has 0 aromatic carbocycles. The van der Waals surface area contributed by atoms with E-state index in [9.17, 15) is 23.1 Å². The molecule has 1 aromatic rings. The molecule has 2 N–H and O–H groups in total. The van der Waals surface area contributed by atoms with Crippen molar-refractivity contribution >= 4 is 62.8 Å². The van der Waals surface area contributed by atoms with Crippen molar-refractivity contribution in [2.75, 3.05) is 26.2 Å². The number of thioether (sulfide) groups is 1. The van der Waals surface area contributed by atoms with Crippen LogP contribution < -0.4 is 4.72 Å². The normalized spacial score (nSPS) is 23.6. The molecule has 0 spiro atoms. The molecule has 34 heavy (non-hydrogen) atoms. The monoisotopic (exact) mass is 546 g/mol. The van der Waals surface area contributed by atoms with Gasteiger partial charge in [0.1, 0.15) is 6.04 Å². The number of halogens is 1. The number of carboxylic acid groups (broad SMARTS) is 1. The quantitative estimate of drug-likeness (QED) is 0.538. The van der Waals surface area contributed by atoms with Crippen LogP contribution in [0.4, 0.5) is 4.79 Å². The van der Waals surface area contributed by atoms with Gasteiger partial charge in [-0.25, -0.2) is 13.2 Å². The van der Waals surface area contributed by atoms with E-state index in [0.29, 0.717) is 47.6 Å². The molecular formula is C21H27ClN4O5S3. The van der Waals surface area contributed by atoms with Gasteiger partial charge in [0.15, 0.2) is 5.50 Å². The van der Waals surface area contributed by atoms with Crippen LogP contribution in [0.1, 0.15) is 31.6 Å². The first-order valence-corrected chi connectivity index (χ1v) is 14.6. The molecule has 9 nitrogen and oxygen atoms in total. The van der Waals surface area contributed by atoms with Crippen molar-refractivity contribution in [3.8, 4) is 0 Å². The molecular weight excluding hydrogens is 520 g/mol. The lowest BCUT2D eigenvalue weighted by Crippen LogP contribution is -2.49. The molecule has 4 rings (SSSR count). The van der Waals surface area contributed by atoms with Crippen LogP contribution in [0.5, 0.6) is 0 Å². The molecule has 3 aliphatic heterocycles. The van der Waals surface area contributed by atoms with Crippen molar-refractivity contribution in [3.63, 3.8) is 0 Å². The highest BCUT2D eigenvalue weighted by molar-refractivity contribution is 8.03. The second kappa shape index (κ2) is 10.1. The molecule has 1 saturated heterocycles. The number of hydrogen-bond donors (Lipinski definition) is 2. The predicted octanol–water partition coefficient (Wildman–Crippen LogP) is 3.48. The zero-order valence-electron chi connectivity index (χ0n) is 18.8. The number of amides is 2. The molecule has 1 fully saturated rings. The summed E-state index contributed by atoms with van der Waals surface area (Å²) >= 11 is 8.65. The molecule has 1 aromatic heterocycles. The third-order valence-electron chi connectivity index (χ3n) is 5.79. The van der Waals surface area contributed by atoms with Gasteiger partial charge in [0.25, 0.3) is 0 Å². The van der Waals surface area contributed by atoms with Crippen molar-refractivity contribution in [2.24, 2.45) is 5.92 Å². The van der Waals surface area contributed by atoms with Crippen LogP contribution in [-0.2, 0) is 14.8 Å². The number of likely N-dealkylation sites (tertiary alicyclic amines) is 1. The van der Waals surface area contributed by atoms with Crippen LogP contribution in [0.25, 0.3) is 6.08 Å². The molecule has 0 aliphatic carbocycles. The van der Waals surface area contributed by atoms with Crippen molar-refractivity contribution in [1.29, 1.82) is 0 Å². The van der Waals surface area contributed by atoms with Gasteiger partial charge in [0, 0.05) is 46.9 Å². The third-order valence-corrected chi connectivity index (χ3v) is 9.46. The van der Waals surface area contributed by atoms with Crippen molar-refractivity contribution in [2.45, 2.75) is 38.2 Å². The molecule has 4 heterocycles. The second-order valence-electron chi connectivity index (χ2n) is 8.79. The number of thiophene rings is 1. The van der Waals surface area contributed by atoms with Crippen LogP contribution in [0.15, 0.2) is 28.1 Å². The number of carbonyl (C=O) groups excluding carboxylic acids is 1. The van der Waals surface area contributed by atoms with Gasteiger partial charge in [-0.05, 0) is 30.5 Å². The predicted molar refractivity (Wildman–Crippen MR) is 135 cm³/mol. The Morgan fingerprint density at radius 1 is 1.35 bits per heavy atom. The Morgan fingerprint density at radius 3 is 2.76 bits per heavy atom. The summed E-state index contributed by atoms with van der Waals surface area (Å²) in [4.78, 5) is 31.7. The minimum Gasteiger partial charge on any atom is -0.465 e. The Labute approximate surface area is 212 Å². The number of rotatable bonds is 7. The lowest BCUT2D eigenvalue weighted by molar-refractivity contribution is -0.131. The van der Waals surface area contributed by atoms with Gasteiger partial charge in [-0.1, -0.05) is 37.2 Å². The van der Waals surface area contributed by atoms with E-state index in [1.54, 1.807) is 17.0 Å². The van der Waals surface area contributed by atoms with Crippen molar-refractivity contribution in [1.82, 2.24) is 19.4 Å². The molecule has 1 unspecified atom stereocenters. The Morgan fingerprint density at radius 2 is 2.12 bits per heavy atom. The Bertz CT molecular complexity index is 1130. The van der Waals surface area contributed by atoms with Gasteiger partial charge in [0.05, 0.1) is 10.9 Å². The fourth-order valence-electron chi connectivity index (χ4n) is 4.29. The minimum atomic E-state index is -3.82. The van der Waals surface area contributed by atoms with E-state index in [-0.39, 0.29) is 11.4 Å². The van der Waals surface area contributed by atoms with E-state index in [4.69, 9.17) is 11.6 Å². The van der Waals surface area contributed by atoms with E-state index in [1.807, 2.05) is 0 Å². The highest BCUT2D eigenvalue weighted by atomic mass is 35.5. The van der Waals surface area contributed by atoms with Gasteiger partial charge in [0.2, 0.25) is 15.9 Å². The maximum Gasteiger partial charge on any atom is 0.407 e. The fourth-order valence-corrected chi connectivity index (χ4v) is 7.88. The van der Waals surface area contributed by atoms with Crippen LogP contribution in [-0.4, -0.2) is 77.9 Å². The fraction of sp³-hybridized carbons (Fsp3) is 0.524. The average molecular weight is 547 g/mol. The van der Waals surface area contributed by atoms with Crippen LogP contribution >= 0.6 is 34.7 Å². The summed E-state index contributed by atoms with van der Waals surface area (Å²) in [6, 6.07) is 2.58. The zero-order valence-corrected chi connectivity index (χ0v) is 22.0. The maximum absolute atomic E-state index is 13.3. The molecule has 3 aliphatic rings. The summed E-state index contributed by atoms with van der Waals surface area (Å²) in [5.74, 6) is 0.0766. The maximum atomic E-state index is 13.3. The Hall–Kier alpha value is -1.73. The summed E-state index contributed by atoms with van der Waals surface area (Å²) in [7, 11) is -3.82. The van der Waals surface area contributed by atoms with E-state index < -0.39 is 22.2 Å². The highest BCUT2D eigenvalue weighted by Gasteiger charge is 2.45. The summed E-state index contributed by atoms with van der Waals surface area (Å²) < 4.78 is 28.2. The van der Waals surface area contributed by atoms with E-state index in [2.05, 4.69) is 23.5 Å². The number of nitrogens with zero attached hydrogens (tertiary/aromatic N) is 3.